The quantitative estimate of drug-likeness (QED) is 0.511. The van der Waals surface area contributed by atoms with E-state index in [9.17, 15) is 14.4 Å². The van der Waals surface area contributed by atoms with Crippen molar-refractivity contribution in [2.24, 2.45) is 0 Å². The zero-order valence-electron chi connectivity index (χ0n) is 19.5. The number of ether oxygens (including phenoxy) is 1. The number of amides is 2. The number of carbonyl (C=O) groups excluding carboxylic acids is 3. The van der Waals surface area contributed by atoms with Crippen LogP contribution in [0.5, 0.6) is 0 Å². The van der Waals surface area contributed by atoms with Crippen LogP contribution in [0.3, 0.4) is 0 Å². The van der Waals surface area contributed by atoms with E-state index in [0.29, 0.717) is 31.7 Å². The zero-order chi connectivity index (χ0) is 24.5. The van der Waals surface area contributed by atoms with Gasteiger partial charge in [0, 0.05) is 43.9 Å². The standard InChI is InChI=1S/C28H29N3O4/c32-26(31-18-16-30(17-19-31)24-14-8-3-9-15-24)21-35-28(34)25(20-22-10-4-1-5-11-22)29-27(33)23-12-6-2-7-13-23/h1-15,25H,16-21H2,(H,29,33)/t25-/m0/s1. The molecule has 0 radical (unpaired) electrons. The van der Waals surface area contributed by atoms with E-state index in [4.69, 9.17) is 4.74 Å². The number of para-hydroxylation sites is 1. The molecule has 0 aliphatic carbocycles. The van der Waals surface area contributed by atoms with Gasteiger partial charge >= 0.3 is 5.97 Å². The lowest BCUT2D eigenvalue weighted by Gasteiger charge is -2.36. The second kappa shape index (κ2) is 11.8. The van der Waals surface area contributed by atoms with Crippen LogP contribution in [0.2, 0.25) is 0 Å². The van der Waals surface area contributed by atoms with Crippen molar-refractivity contribution in [3.63, 3.8) is 0 Å². The average Bonchev–Trinajstić information content (AvgIpc) is 2.92. The lowest BCUT2D eigenvalue weighted by atomic mass is 10.1. The molecule has 1 N–H and O–H groups in total. The number of nitrogens with one attached hydrogen (secondary N) is 1. The van der Waals surface area contributed by atoms with Crippen LogP contribution >= 0.6 is 0 Å². The number of carbonyl (C=O) groups is 3. The van der Waals surface area contributed by atoms with Crippen molar-refractivity contribution < 1.29 is 19.1 Å². The number of hydrogen-bond donors (Lipinski definition) is 1. The topological polar surface area (TPSA) is 78.9 Å². The molecule has 1 atom stereocenters. The van der Waals surface area contributed by atoms with E-state index >= 15 is 0 Å². The number of esters is 1. The van der Waals surface area contributed by atoms with Gasteiger partial charge in [0.25, 0.3) is 11.8 Å². The van der Waals surface area contributed by atoms with Crippen LogP contribution in [0, 0.1) is 0 Å². The Labute approximate surface area is 205 Å². The maximum absolute atomic E-state index is 12.9. The third-order valence-electron chi connectivity index (χ3n) is 6.00. The second-order valence-electron chi connectivity index (χ2n) is 8.39. The lowest BCUT2D eigenvalue weighted by Crippen LogP contribution is -2.50. The van der Waals surface area contributed by atoms with Crippen LogP contribution in [0.4, 0.5) is 5.69 Å². The Kier molecular flexibility index (Phi) is 8.12. The number of anilines is 1. The molecule has 0 unspecified atom stereocenters. The highest BCUT2D eigenvalue weighted by Crippen LogP contribution is 2.15. The fourth-order valence-electron chi connectivity index (χ4n) is 4.05. The van der Waals surface area contributed by atoms with Gasteiger partial charge in [0.1, 0.15) is 6.04 Å². The molecule has 7 nitrogen and oxygen atoms in total. The van der Waals surface area contributed by atoms with Crippen molar-refractivity contribution in [3.8, 4) is 0 Å². The highest BCUT2D eigenvalue weighted by molar-refractivity contribution is 5.97. The van der Waals surface area contributed by atoms with E-state index in [1.54, 1.807) is 29.2 Å². The zero-order valence-corrected chi connectivity index (χ0v) is 19.5. The minimum atomic E-state index is -0.909. The molecule has 1 aliphatic rings. The number of hydrogen-bond acceptors (Lipinski definition) is 5. The van der Waals surface area contributed by atoms with Gasteiger partial charge in [-0.3, -0.25) is 9.59 Å². The molecule has 2 amide bonds. The number of rotatable bonds is 8. The van der Waals surface area contributed by atoms with Crippen molar-refractivity contribution in [3.05, 3.63) is 102 Å². The Morgan fingerprint density at radius 3 is 1.97 bits per heavy atom. The van der Waals surface area contributed by atoms with Crippen LogP contribution in [0.25, 0.3) is 0 Å². The Morgan fingerprint density at radius 2 is 1.34 bits per heavy atom. The summed E-state index contributed by atoms with van der Waals surface area (Å²) in [4.78, 5) is 42.3. The Hall–Kier alpha value is -4.13. The van der Waals surface area contributed by atoms with E-state index in [-0.39, 0.29) is 24.8 Å². The van der Waals surface area contributed by atoms with E-state index in [0.717, 1.165) is 11.3 Å². The highest BCUT2D eigenvalue weighted by Gasteiger charge is 2.26. The summed E-state index contributed by atoms with van der Waals surface area (Å²) in [6.07, 6.45) is 0.266. The van der Waals surface area contributed by atoms with Crippen molar-refractivity contribution in [2.75, 3.05) is 37.7 Å². The smallest absolute Gasteiger partial charge is 0.329 e. The predicted molar refractivity (Wildman–Crippen MR) is 134 cm³/mol. The van der Waals surface area contributed by atoms with Crippen LogP contribution in [0.15, 0.2) is 91.0 Å². The average molecular weight is 472 g/mol. The molecule has 0 bridgehead atoms. The first-order chi connectivity index (χ1) is 17.1. The molecular formula is C28H29N3O4. The summed E-state index contributed by atoms with van der Waals surface area (Å²) >= 11 is 0. The fourth-order valence-corrected chi connectivity index (χ4v) is 4.05. The Balaban J connectivity index is 1.33. The van der Waals surface area contributed by atoms with Crippen molar-refractivity contribution in [1.29, 1.82) is 0 Å². The summed E-state index contributed by atoms with van der Waals surface area (Å²) in [7, 11) is 0. The molecule has 4 rings (SSSR count). The molecular weight excluding hydrogens is 442 g/mol. The van der Waals surface area contributed by atoms with Crippen molar-refractivity contribution in [1.82, 2.24) is 10.2 Å². The minimum absolute atomic E-state index is 0.237. The van der Waals surface area contributed by atoms with Crippen molar-refractivity contribution >= 4 is 23.5 Å². The molecule has 3 aromatic carbocycles. The maximum Gasteiger partial charge on any atom is 0.329 e. The first kappa shape index (κ1) is 24.0. The third kappa shape index (κ3) is 6.69. The van der Waals surface area contributed by atoms with E-state index < -0.39 is 12.0 Å². The van der Waals surface area contributed by atoms with E-state index in [1.807, 2.05) is 54.6 Å². The number of nitrogens with zero attached hydrogens (tertiary/aromatic N) is 2. The molecule has 1 aliphatic heterocycles. The molecule has 0 aromatic heterocycles. The summed E-state index contributed by atoms with van der Waals surface area (Å²) in [6.45, 7) is 2.20. The monoisotopic (exact) mass is 471 g/mol. The van der Waals surface area contributed by atoms with Gasteiger partial charge in [-0.05, 0) is 29.8 Å². The summed E-state index contributed by atoms with van der Waals surface area (Å²) in [5.74, 6) is -1.24. The molecule has 1 saturated heterocycles. The van der Waals surface area contributed by atoms with Gasteiger partial charge in [-0.2, -0.15) is 0 Å². The summed E-state index contributed by atoms with van der Waals surface area (Å²) < 4.78 is 5.38. The van der Waals surface area contributed by atoms with E-state index in [2.05, 4.69) is 22.3 Å². The summed E-state index contributed by atoms with van der Waals surface area (Å²) in [5.41, 5.74) is 2.46. The highest BCUT2D eigenvalue weighted by atomic mass is 16.5. The Bertz CT molecular complexity index is 1110. The predicted octanol–water partition coefficient (Wildman–Crippen LogP) is 2.92. The van der Waals surface area contributed by atoms with E-state index in [1.165, 1.54) is 0 Å². The van der Waals surface area contributed by atoms with Gasteiger partial charge in [-0.25, -0.2) is 4.79 Å². The molecule has 3 aromatic rings. The van der Waals surface area contributed by atoms with Gasteiger partial charge in [0.2, 0.25) is 0 Å². The first-order valence-corrected chi connectivity index (χ1v) is 11.7. The van der Waals surface area contributed by atoms with Crippen molar-refractivity contribution in [2.45, 2.75) is 12.5 Å². The molecule has 0 spiro atoms. The first-order valence-electron chi connectivity index (χ1n) is 11.7. The molecule has 35 heavy (non-hydrogen) atoms. The second-order valence-corrected chi connectivity index (χ2v) is 8.39. The van der Waals surface area contributed by atoms with Crippen LogP contribution in [-0.4, -0.2) is 61.5 Å². The summed E-state index contributed by atoms with van der Waals surface area (Å²) in [6, 6.07) is 27.2. The lowest BCUT2D eigenvalue weighted by molar-refractivity contribution is -0.153. The summed E-state index contributed by atoms with van der Waals surface area (Å²) in [5, 5.41) is 2.76. The SMILES string of the molecule is O=C(N[C@@H](Cc1ccccc1)C(=O)OCC(=O)N1CCN(c2ccccc2)CC1)c1ccccc1. The molecule has 180 valence electrons. The fraction of sp³-hybridized carbons (Fsp3) is 0.250. The number of benzene rings is 3. The maximum atomic E-state index is 12.9. The number of piperazine rings is 1. The van der Waals surface area contributed by atoms with Crippen LogP contribution < -0.4 is 10.2 Å². The molecule has 7 heteroatoms. The van der Waals surface area contributed by atoms with Gasteiger partial charge in [-0.1, -0.05) is 66.7 Å². The third-order valence-corrected chi connectivity index (χ3v) is 6.00. The van der Waals surface area contributed by atoms with Gasteiger partial charge in [0.05, 0.1) is 0 Å². The van der Waals surface area contributed by atoms with Gasteiger partial charge in [0.15, 0.2) is 6.61 Å². The molecule has 1 heterocycles. The minimum Gasteiger partial charge on any atom is -0.454 e. The van der Waals surface area contributed by atoms with Gasteiger partial charge < -0.3 is 19.9 Å². The van der Waals surface area contributed by atoms with Crippen LogP contribution in [0.1, 0.15) is 15.9 Å². The molecule has 1 fully saturated rings. The molecule has 0 saturated carbocycles. The Morgan fingerprint density at radius 1 is 0.771 bits per heavy atom. The largest absolute Gasteiger partial charge is 0.454 e. The van der Waals surface area contributed by atoms with Crippen LogP contribution in [-0.2, 0) is 20.7 Å². The normalized spacial score (nSPS) is 14.2. The van der Waals surface area contributed by atoms with Gasteiger partial charge in [-0.15, -0.1) is 0 Å².